The van der Waals surface area contributed by atoms with E-state index in [1.54, 1.807) is 7.11 Å². The van der Waals surface area contributed by atoms with E-state index in [1.807, 2.05) is 6.92 Å². The fourth-order valence-electron chi connectivity index (χ4n) is 1.55. The van der Waals surface area contributed by atoms with E-state index in [-0.39, 0.29) is 12.0 Å². The summed E-state index contributed by atoms with van der Waals surface area (Å²) < 4.78 is 33.7. The zero-order chi connectivity index (χ0) is 11.8. The molecule has 2 nitrogen and oxygen atoms in total. The monoisotopic (exact) mass is 224 g/mol. The van der Waals surface area contributed by atoms with Gasteiger partial charge in [0.1, 0.15) is 0 Å². The van der Waals surface area contributed by atoms with Crippen LogP contribution in [0.15, 0.2) is 0 Å². The first-order valence-corrected chi connectivity index (χ1v) is 5.43. The highest BCUT2D eigenvalue weighted by atomic mass is 19.3. The molecule has 0 aromatic rings. The number of rotatable bonds is 8. The molecule has 0 aliphatic heterocycles. The van der Waals surface area contributed by atoms with E-state index in [9.17, 15) is 8.78 Å². The van der Waals surface area contributed by atoms with E-state index < -0.39 is 6.61 Å². The predicted octanol–water partition coefficient (Wildman–Crippen LogP) is 3.31. The number of hydrogen-bond acceptors (Lipinski definition) is 2. The second kappa shape index (κ2) is 7.99. The Hall–Kier alpha value is -0.220. The Labute approximate surface area is 90.9 Å². The van der Waals surface area contributed by atoms with Crippen molar-refractivity contribution in [2.24, 2.45) is 11.8 Å². The first kappa shape index (κ1) is 14.8. The van der Waals surface area contributed by atoms with Crippen LogP contribution in [0.25, 0.3) is 0 Å². The molecule has 0 radical (unpaired) electrons. The van der Waals surface area contributed by atoms with Crippen LogP contribution in [0.2, 0.25) is 0 Å². The molecule has 0 saturated heterocycles. The summed E-state index contributed by atoms with van der Waals surface area (Å²) in [6.45, 7) is 3.92. The zero-order valence-corrected chi connectivity index (χ0v) is 10.0. The first-order valence-electron chi connectivity index (χ1n) is 5.43. The van der Waals surface area contributed by atoms with Gasteiger partial charge in [-0.15, -0.1) is 0 Å². The summed E-state index contributed by atoms with van der Waals surface area (Å²) in [5.74, 6) is 0.693. The minimum atomic E-state index is -2.68. The summed E-state index contributed by atoms with van der Waals surface area (Å²) in [6, 6.07) is 0. The van der Waals surface area contributed by atoms with Crippen molar-refractivity contribution in [2.75, 3.05) is 13.7 Å². The van der Waals surface area contributed by atoms with Gasteiger partial charge >= 0.3 is 6.61 Å². The van der Waals surface area contributed by atoms with Gasteiger partial charge in [0.2, 0.25) is 0 Å². The molecule has 0 fully saturated rings. The van der Waals surface area contributed by atoms with Gasteiger partial charge in [-0.2, -0.15) is 8.78 Å². The fraction of sp³-hybridized carbons (Fsp3) is 1.00. The lowest BCUT2D eigenvalue weighted by Crippen LogP contribution is -2.25. The zero-order valence-electron chi connectivity index (χ0n) is 10.0. The van der Waals surface area contributed by atoms with E-state index in [0.29, 0.717) is 25.4 Å². The molecule has 0 spiro atoms. The average molecular weight is 224 g/mol. The fourth-order valence-corrected chi connectivity index (χ4v) is 1.55. The van der Waals surface area contributed by atoms with Crippen molar-refractivity contribution < 1.29 is 18.3 Å². The maximum absolute atomic E-state index is 12.1. The average Bonchev–Trinajstić information content (AvgIpc) is 2.14. The SMILES string of the molecule is CC[C@@H](C[C@H](COC)C(C)C)OC(F)F. The summed E-state index contributed by atoms with van der Waals surface area (Å²) >= 11 is 0. The molecule has 0 aromatic heterocycles. The Balaban J connectivity index is 4.09. The molecule has 0 heterocycles. The van der Waals surface area contributed by atoms with E-state index in [4.69, 9.17) is 4.74 Å². The van der Waals surface area contributed by atoms with Crippen LogP contribution in [-0.4, -0.2) is 26.4 Å². The number of methoxy groups -OCH3 is 1. The summed E-state index contributed by atoms with van der Waals surface area (Å²) in [5, 5.41) is 0. The summed E-state index contributed by atoms with van der Waals surface area (Å²) in [6.07, 6.45) is 0.872. The van der Waals surface area contributed by atoms with Crippen LogP contribution in [0.5, 0.6) is 0 Å². The minimum Gasteiger partial charge on any atom is -0.384 e. The summed E-state index contributed by atoms with van der Waals surface area (Å²) in [5.41, 5.74) is 0. The Bertz CT molecular complexity index is 152. The maximum atomic E-state index is 12.1. The van der Waals surface area contributed by atoms with Crippen LogP contribution in [-0.2, 0) is 9.47 Å². The van der Waals surface area contributed by atoms with E-state index in [0.717, 1.165) is 0 Å². The van der Waals surface area contributed by atoms with Gasteiger partial charge in [0, 0.05) is 13.7 Å². The normalized spacial score (nSPS) is 16.0. The predicted molar refractivity (Wildman–Crippen MR) is 56.0 cm³/mol. The second-order valence-electron chi connectivity index (χ2n) is 4.12. The maximum Gasteiger partial charge on any atom is 0.345 e. The van der Waals surface area contributed by atoms with Crippen LogP contribution < -0.4 is 0 Å². The Kier molecular flexibility index (Phi) is 7.88. The van der Waals surface area contributed by atoms with Gasteiger partial charge < -0.3 is 9.47 Å². The quantitative estimate of drug-likeness (QED) is 0.629. The molecule has 0 N–H and O–H groups in total. The van der Waals surface area contributed by atoms with Crippen molar-refractivity contribution in [1.29, 1.82) is 0 Å². The van der Waals surface area contributed by atoms with Gasteiger partial charge in [-0.25, -0.2) is 0 Å². The lowest BCUT2D eigenvalue weighted by Gasteiger charge is -2.25. The molecule has 2 atom stereocenters. The van der Waals surface area contributed by atoms with Crippen LogP contribution >= 0.6 is 0 Å². The highest BCUT2D eigenvalue weighted by Crippen LogP contribution is 2.21. The Morgan fingerprint density at radius 3 is 2.13 bits per heavy atom. The number of halogens is 2. The molecule has 0 aromatic carbocycles. The van der Waals surface area contributed by atoms with E-state index in [1.165, 1.54) is 0 Å². The summed E-state index contributed by atoms with van der Waals surface area (Å²) in [4.78, 5) is 0. The molecule has 15 heavy (non-hydrogen) atoms. The van der Waals surface area contributed by atoms with Crippen LogP contribution in [0.4, 0.5) is 8.78 Å². The van der Waals surface area contributed by atoms with E-state index >= 15 is 0 Å². The lowest BCUT2D eigenvalue weighted by molar-refractivity contribution is -0.169. The van der Waals surface area contributed by atoms with Gasteiger partial charge in [0.15, 0.2) is 0 Å². The molecule has 4 heteroatoms. The standard InChI is InChI=1S/C11H22F2O2/c1-5-10(15-11(12)13)6-9(7-14-4)8(2)3/h8-11H,5-7H2,1-4H3/t9-,10+/m1/s1. The van der Waals surface area contributed by atoms with E-state index in [2.05, 4.69) is 18.6 Å². The lowest BCUT2D eigenvalue weighted by atomic mass is 9.90. The molecule has 92 valence electrons. The largest absolute Gasteiger partial charge is 0.384 e. The van der Waals surface area contributed by atoms with Crippen LogP contribution in [0.1, 0.15) is 33.6 Å². The van der Waals surface area contributed by atoms with Crippen molar-refractivity contribution in [3.05, 3.63) is 0 Å². The number of hydrogen-bond donors (Lipinski definition) is 0. The Morgan fingerprint density at radius 2 is 1.80 bits per heavy atom. The third kappa shape index (κ3) is 6.79. The first-order chi connectivity index (χ1) is 7.01. The molecule has 0 unspecified atom stereocenters. The summed E-state index contributed by atoms with van der Waals surface area (Å²) in [7, 11) is 1.63. The molecular formula is C11H22F2O2. The second-order valence-corrected chi connectivity index (χ2v) is 4.12. The van der Waals surface area contributed by atoms with Gasteiger partial charge in [-0.1, -0.05) is 20.8 Å². The highest BCUT2D eigenvalue weighted by molar-refractivity contribution is 4.68. The van der Waals surface area contributed by atoms with Crippen molar-refractivity contribution in [3.63, 3.8) is 0 Å². The molecular weight excluding hydrogens is 202 g/mol. The molecule has 0 bridgehead atoms. The molecule has 0 saturated carbocycles. The van der Waals surface area contributed by atoms with Gasteiger partial charge in [-0.3, -0.25) is 0 Å². The molecule has 0 rings (SSSR count). The highest BCUT2D eigenvalue weighted by Gasteiger charge is 2.21. The van der Waals surface area contributed by atoms with Crippen molar-refractivity contribution in [1.82, 2.24) is 0 Å². The number of ether oxygens (including phenoxy) is 2. The topological polar surface area (TPSA) is 18.5 Å². The van der Waals surface area contributed by atoms with Crippen molar-refractivity contribution in [3.8, 4) is 0 Å². The van der Waals surface area contributed by atoms with Crippen LogP contribution in [0.3, 0.4) is 0 Å². The van der Waals surface area contributed by atoms with Gasteiger partial charge in [0.25, 0.3) is 0 Å². The third-order valence-corrected chi connectivity index (χ3v) is 2.64. The van der Waals surface area contributed by atoms with Gasteiger partial charge in [-0.05, 0) is 24.7 Å². The molecule has 0 amide bonds. The van der Waals surface area contributed by atoms with Crippen molar-refractivity contribution in [2.45, 2.75) is 46.3 Å². The van der Waals surface area contributed by atoms with Crippen LogP contribution in [0, 0.1) is 11.8 Å². The molecule has 0 aliphatic rings. The number of alkyl halides is 2. The van der Waals surface area contributed by atoms with Crippen molar-refractivity contribution >= 4 is 0 Å². The third-order valence-electron chi connectivity index (χ3n) is 2.64. The smallest absolute Gasteiger partial charge is 0.345 e. The molecule has 0 aliphatic carbocycles. The Morgan fingerprint density at radius 1 is 1.20 bits per heavy atom. The minimum absolute atomic E-state index is 0.277. The van der Waals surface area contributed by atoms with Gasteiger partial charge in [0.05, 0.1) is 6.10 Å².